The molecule has 0 saturated carbocycles. The van der Waals surface area contributed by atoms with Crippen molar-refractivity contribution in [1.29, 1.82) is 0 Å². The minimum atomic E-state index is -0.571. The highest BCUT2D eigenvalue weighted by atomic mass is 35.5. The number of halogens is 1. The fourth-order valence-electron chi connectivity index (χ4n) is 2.94. The van der Waals surface area contributed by atoms with Crippen molar-refractivity contribution in [3.63, 3.8) is 0 Å². The van der Waals surface area contributed by atoms with E-state index in [1.165, 1.54) is 0 Å². The van der Waals surface area contributed by atoms with Gasteiger partial charge in [0.05, 0.1) is 0 Å². The summed E-state index contributed by atoms with van der Waals surface area (Å²) in [5.41, 5.74) is 2.56. The molecule has 1 aliphatic heterocycles. The summed E-state index contributed by atoms with van der Waals surface area (Å²) in [4.78, 5) is 12.2. The van der Waals surface area contributed by atoms with Crippen LogP contribution in [0.2, 0.25) is 5.02 Å². The second-order valence-electron chi connectivity index (χ2n) is 5.60. The molecule has 114 valence electrons. The van der Waals surface area contributed by atoms with Gasteiger partial charge >= 0.3 is 0 Å². The van der Waals surface area contributed by atoms with Crippen molar-refractivity contribution in [3.8, 4) is 16.9 Å². The van der Waals surface area contributed by atoms with Gasteiger partial charge in [0.15, 0.2) is 6.10 Å². The Morgan fingerprint density at radius 3 is 2.78 bits per heavy atom. The molecule has 1 N–H and O–H groups in total. The van der Waals surface area contributed by atoms with Crippen LogP contribution in [0.25, 0.3) is 21.9 Å². The first-order valence-corrected chi connectivity index (χ1v) is 7.80. The Kier molecular flexibility index (Phi) is 3.24. The highest BCUT2D eigenvalue weighted by Crippen LogP contribution is 2.43. The van der Waals surface area contributed by atoms with Crippen LogP contribution < -0.4 is 10.1 Å². The maximum atomic E-state index is 12.2. The van der Waals surface area contributed by atoms with Crippen LogP contribution in [-0.2, 0) is 4.79 Å². The first kappa shape index (κ1) is 14.1. The van der Waals surface area contributed by atoms with E-state index in [-0.39, 0.29) is 5.91 Å². The van der Waals surface area contributed by atoms with Crippen molar-refractivity contribution in [2.24, 2.45) is 0 Å². The molecule has 3 aromatic carbocycles. The van der Waals surface area contributed by atoms with E-state index >= 15 is 0 Å². The third kappa shape index (κ3) is 2.34. The Morgan fingerprint density at radius 1 is 1.09 bits per heavy atom. The van der Waals surface area contributed by atoms with E-state index in [0.29, 0.717) is 10.8 Å². The molecule has 0 fully saturated rings. The molecular weight excluding hydrogens is 310 g/mol. The molecule has 1 atom stereocenters. The van der Waals surface area contributed by atoms with E-state index in [1.54, 1.807) is 13.0 Å². The number of hydrogen-bond donors (Lipinski definition) is 1. The molecular formula is C19H14ClNO2. The highest BCUT2D eigenvalue weighted by molar-refractivity contribution is 6.31. The van der Waals surface area contributed by atoms with Crippen LogP contribution in [0, 0.1) is 0 Å². The predicted molar refractivity (Wildman–Crippen MR) is 93.1 cm³/mol. The van der Waals surface area contributed by atoms with Crippen LogP contribution in [0.15, 0.2) is 54.6 Å². The Hall–Kier alpha value is -2.52. The van der Waals surface area contributed by atoms with E-state index < -0.39 is 6.10 Å². The maximum absolute atomic E-state index is 12.2. The number of anilines is 1. The number of rotatable bonds is 0. The number of ether oxygens (including phenoxy) is 1. The molecule has 4 heteroatoms. The molecule has 1 aliphatic rings. The van der Waals surface area contributed by atoms with Crippen LogP contribution in [0.1, 0.15) is 6.92 Å². The second-order valence-corrected chi connectivity index (χ2v) is 6.04. The fourth-order valence-corrected chi connectivity index (χ4v) is 3.11. The van der Waals surface area contributed by atoms with Crippen molar-refractivity contribution in [1.82, 2.24) is 0 Å². The Morgan fingerprint density at radius 2 is 1.91 bits per heavy atom. The first-order valence-electron chi connectivity index (χ1n) is 7.43. The van der Waals surface area contributed by atoms with Crippen molar-refractivity contribution < 1.29 is 9.53 Å². The zero-order chi connectivity index (χ0) is 16.0. The summed E-state index contributed by atoms with van der Waals surface area (Å²) in [5, 5.41) is 5.72. The van der Waals surface area contributed by atoms with Gasteiger partial charge in [-0.3, -0.25) is 4.79 Å². The smallest absolute Gasteiger partial charge is 0.265 e. The fraction of sp³-hybridized carbons (Fsp3) is 0.105. The van der Waals surface area contributed by atoms with Crippen molar-refractivity contribution >= 4 is 34.0 Å². The number of carbonyl (C=O) groups is 1. The van der Waals surface area contributed by atoms with Crippen molar-refractivity contribution in [2.75, 3.05) is 5.32 Å². The van der Waals surface area contributed by atoms with E-state index in [2.05, 4.69) is 17.4 Å². The van der Waals surface area contributed by atoms with Gasteiger partial charge in [0.25, 0.3) is 5.91 Å². The SMILES string of the molecule is C[C@@H]1Oc2ccc3ccccc3c2-c2cc(Cl)ccc2NC1=O. The van der Waals surface area contributed by atoms with Gasteiger partial charge in [-0.25, -0.2) is 0 Å². The summed E-state index contributed by atoms with van der Waals surface area (Å²) >= 11 is 6.20. The largest absolute Gasteiger partial charge is 0.480 e. The van der Waals surface area contributed by atoms with Gasteiger partial charge in [-0.1, -0.05) is 41.9 Å². The van der Waals surface area contributed by atoms with E-state index in [4.69, 9.17) is 16.3 Å². The van der Waals surface area contributed by atoms with Gasteiger partial charge in [0, 0.05) is 21.8 Å². The van der Waals surface area contributed by atoms with Gasteiger partial charge in [0.1, 0.15) is 5.75 Å². The van der Waals surface area contributed by atoms with Crippen LogP contribution in [0.3, 0.4) is 0 Å². The normalized spacial score (nSPS) is 16.6. The number of fused-ring (bicyclic) bond motifs is 5. The summed E-state index contributed by atoms with van der Waals surface area (Å²) < 4.78 is 5.90. The average Bonchev–Trinajstić information content (AvgIpc) is 2.55. The van der Waals surface area contributed by atoms with Crippen LogP contribution >= 0.6 is 11.6 Å². The summed E-state index contributed by atoms with van der Waals surface area (Å²) in [6.07, 6.45) is -0.571. The molecule has 1 amide bonds. The third-order valence-corrected chi connectivity index (χ3v) is 4.31. The van der Waals surface area contributed by atoms with Crippen LogP contribution in [-0.4, -0.2) is 12.0 Å². The Balaban J connectivity index is 2.11. The molecule has 0 aromatic heterocycles. The monoisotopic (exact) mass is 323 g/mol. The quantitative estimate of drug-likeness (QED) is 0.640. The summed E-state index contributed by atoms with van der Waals surface area (Å²) in [6, 6.07) is 17.5. The van der Waals surface area contributed by atoms with E-state index in [9.17, 15) is 4.79 Å². The van der Waals surface area contributed by atoms with E-state index in [0.717, 1.165) is 27.6 Å². The third-order valence-electron chi connectivity index (χ3n) is 4.07. The number of benzene rings is 3. The van der Waals surface area contributed by atoms with Gasteiger partial charge in [-0.05, 0) is 42.0 Å². The summed E-state index contributed by atoms with van der Waals surface area (Å²) in [6.45, 7) is 1.75. The molecule has 0 aliphatic carbocycles. The topological polar surface area (TPSA) is 38.3 Å². The molecule has 0 spiro atoms. The molecule has 0 unspecified atom stereocenters. The molecule has 0 saturated heterocycles. The zero-order valence-electron chi connectivity index (χ0n) is 12.5. The lowest BCUT2D eigenvalue weighted by atomic mass is 9.95. The molecule has 0 radical (unpaired) electrons. The highest BCUT2D eigenvalue weighted by Gasteiger charge is 2.24. The molecule has 4 rings (SSSR count). The van der Waals surface area contributed by atoms with Gasteiger partial charge in [0.2, 0.25) is 0 Å². The number of amides is 1. The van der Waals surface area contributed by atoms with Gasteiger partial charge in [-0.15, -0.1) is 0 Å². The zero-order valence-corrected chi connectivity index (χ0v) is 13.2. The molecule has 23 heavy (non-hydrogen) atoms. The lowest BCUT2D eigenvalue weighted by molar-refractivity contribution is -0.122. The molecule has 1 heterocycles. The standard InChI is InChI=1S/C19H14ClNO2/c1-11-19(22)21-16-8-7-13(20)10-15(16)18-14-5-3-2-4-12(14)6-9-17(18)23-11/h2-11H,1H3,(H,21,22)/t11-/m0/s1. The Bertz CT molecular complexity index is 936. The summed E-state index contributed by atoms with van der Waals surface area (Å²) in [5.74, 6) is 0.516. The van der Waals surface area contributed by atoms with Crippen molar-refractivity contribution in [3.05, 3.63) is 59.6 Å². The lowest BCUT2D eigenvalue weighted by Crippen LogP contribution is -2.31. The predicted octanol–water partition coefficient (Wildman–Crippen LogP) is 4.88. The minimum Gasteiger partial charge on any atom is -0.480 e. The average molecular weight is 324 g/mol. The van der Waals surface area contributed by atoms with Crippen molar-refractivity contribution in [2.45, 2.75) is 13.0 Å². The number of nitrogens with one attached hydrogen (secondary N) is 1. The first-order chi connectivity index (χ1) is 11.1. The van der Waals surface area contributed by atoms with Gasteiger partial charge in [-0.2, -0.15) is 0 Å². The summed E-state index contributed by atoms with van der Waals surface area (Å²) in [7, 11) is 0. The molecule has 3 nitrogen and oxygen atoms in total. The lowest BCUT2D eigenvalue weighted by Gasteiger charge is -2.24. The van der Waals surface area contributed by atoms with Gasteiger partial charge < -0.3 is 10.1 Å². The second kappa shape index (κ2) is 5.28. The number of hydrogen-bond acceptors (Lipinski definition) is 2. The maximum Gasteiger partial charge on any atom is 0.265 e. The molecule has 0 bridgehead atoms. The van der Waals surface area contributed by atoms with Crippen LogP contribution in [0.4, 0.5) is 5.69 Å². The van der Waals surface area contributed by atoms with Crippen LogP contribution in [0.5, 0.6) is 5.75 Å². The molecule has 3 aromatic rings. The number of carbonyl (C=O) groups excluding carboxylic acids is 1. The Labute approximate surface area is 138 Å². The minimum absolute atomic E-state index is 0.174. The van der Waals surface area contributed by atoms with E-state index in [1.807, 2.05) is 36.4 Å².